The number of rotatable bonds is 0. The fourth-order valence-electron chi connectivity index (χ4n) is 4.67. The van der Waals surface area contributed by atoms with Crippen molar-refractivity contribution in [3.05, 3.63) is 88.2 Å². The molecule has 0 saturated carbocycles. The Bertz CT molecular complexity index is 1350. The third kappa shape index (κ3) is 2.84. The number of benzene rings is 2. The van der Waals surface area contributed by atoms with Crippen molar-refractivity contribution in [2.24, 2.45) is 0 Å². The quantitative estimate of drug-likeness (QED) is 0.318. The predicted molar refractivity (Wildman–Crippen MR) is 127 cm³/mol. The molecule has 148 valence electrons. The van der Waals surface area contributed by atoms with Crippen molar-refractivity contribution in [2.45, 2.75) is 3.57 Å². The average molecular weight is 692 g/mol. The zero-order chi connectivity index (χ0) is 18.7. The van der Waals surface area contributed by atoms with Crippen molar-refractivity contribution >= 4 is 90.4 Å². The van der Waals surface area contributed by atoms with Gasteiger partial charge >= 0.3 is 205 Å². The first kappa shape index (κ1) is 22.7. The minimum absolute atomic E-state index is 0. The molecule has 2 atom stereocenters. The van der Waals surface area contributed by atoms with Crippen LogP contribution in [0.25, 0.3) is 23.3 Å². The minimum Gasteiger partial charge on any atom is -1.00 e. The van der Waals surface area contributed by atoms with Gasteiger partial charge in [0, 0.05) is 0 Å². The van der Waals surface area contributed by atoms with Gasteiger partial charge in [-0.1, -0.05) is 0 Å². The van der Waals surface area contributed by atoms with E-state index in [2.05, 4.69) is 128 Å². The minimum atomic E-state index is -0.829. The molecule has 0 aromatic heterocycles. The fourth-order valence-corrected chi connectivity index (χ4v) is 26.9. The van der Waals surface area contributed by atoms with E-state index < -0.39 is 23.2 Å². The van der Waals surface area contributed by atoms with E-state index in [4.69, 9.17) is 0 Å². The van der Waals surface area contributed by atoms with Gasteiger partial charge in [0.05, 0.1) is 0 Å². The molecule has 1 fully saturated rings. The SMILES string of the molecule is BrC1=C2C=c3ccccc3=C2[C]2(S1)S[C]1(SC(Br)=C3C=c4ccccc4=C31)[Zr+2]2.[Cl-].[Cl-]. The Morgan fingerprint density at radius 1 is 0.667 bits per heavy atom. The van der Waals surface area contributed by atoms with E-state index in [1.807, 2.05) is 0 Å². The summed E-state index contributed by atoms with van der Waals surface area (Å²) in [5, 5.41) is 5.69. The van der Waals surface area contributed by atoms with Gasteiger partial charge < -0.3 is 24.8 Å². The summed E-state index contributed by atoms with van der Waals surface area (Å²) in [6.45, 7) is 0. The van der Waals surface area contributed by atoms with Crippen LogP contribution in [0.3, 0.4) is 0 Å². The molecule has 7 rings (SSSR count). The summed E-state index contributed by atoms with van der Waals surface area (Å²) in [5.41, 5.74) is 6.08. The molecule has 2 aromatic rings. The van der Waals surface area contributed by atoms with Crippen LogP contribution in [-0.4, -0.2) is 3.57 Å². The number of halogens is 4. The average Bonchev–Trinajstić information content (AvgIpc) is 3.36. The van der Waals surface area contributed by atoms with Crippen molar-refractivity contribution in [1.29, 1.82) is 0 Å². The zero-order valence-electron chi connectivity index (χ0n) is 15.0. The maximum absolute atomic E-state index is 3.91. The van der Waals surface area contributed by atoms with Gasteiger partial charge in [-0.3, -0.25) is 0 Å². The Hall–Kier alpha value is 0.873. The molecule has 0 bridgehead atoms. The molecule has 5 aliphatic rings. The fraction of sp³-hybridized carbons (Fsp3) is 0.0909. The van der Waals surface area contributed by atoms with E-state index >= 15 is 0 Å². The standard InChI is InChI=1S/C22H10Br2S3.2ClH.Zr/c23-19-15-9-11-5-1-3-7-13(11)17(15)21(25-19)27-22-18-14-8-4-2-6-12(14)10-16(18)20(24)26-22;;;/h1-10H;2*1H;/q;;;+2/p-2. The van der Waals surface area contributed by atoms with Crippen LogP contribution in [0.5, 0.6) is 0 Å². The second-order valence-corrected chi connectivity index (χ2v) is 22.1. The van der Waals surface area contributed by atoms with Crippen LogP contribution in [0.2, 0.25) is 0 Å². The van der Waals surface area contributed by atoms with Gasteiger partial charge in [0.25, 0.3) is 0 Å². The van der Waals surface area contributed by atoms with Gasteiger partial charge in [0.15, 0.2) is 0 Å². The summed E-state index contributed by atoms with van der Waals surface area (Å²) in [7, 11) is 0. The zero-order valence-corrected chi connectivity index (χ0v) is 24.6. The van der Waals surface area contributed by atoms with Gasteiger partial charge in [-0.25, -0.2) is 0 Å². The monoisotopic (exact) mass is 688 g/mol. The smallest absolute Gasteiger partial charge is 1.00 e. The molecule has 2 aromatic carbocycles. The summed E-state index contributed by atoms with van der Waals surface area (Å²) in [4.78, 5) is 0. The van der Waals surface area contributed by atoms with Crippen molar-refractivity contribution < 1.29 is 48.0 Å². The molecule has 30 heavy (non-hydrogen) atoms. The van der Waals surface area contributed by atoms with Crippen LogP contribution >= 0.6 is 67.1 Å². The van der Waals surface area contributed by atoms with Crippen LogP contribution in [0.15, 0.2) is 67.3 Å². The van der Waals surface area contributed by atoms with Gasteiger partial charge in [0.1, 0.15) is 0 Å². The second-order valence-electron chi connectivity index (χ2n) is 7.25. The molecule has 2 spiro atoms. The number of hydrogen-bond acceptors (Lipinski definition) is 3. The van der Waals surface area contributed by atoms with Gasteiger partial charge in [-0.2, -0.15) is 0 Å². The van der Waals surface area contributed by atoms with Crippen LogP contribution in [0.1, 0.15) is 0 Å². The topological polar surface area (TPSA) is 0 Å². The maximum atomic E-state index is 3.91. The molecule has 2 unspecified atom stereocenters. The third-order valence-corrected chi connectivity index (χ3v) is 19.6. The van der Waals surface area contributed by atoms with Crippen molar-refractivity contribution in [2.75, 3.05) is 0 Å². The molecular formula is C22H10Br2Cl2S3Zr. The van der Waals surface area contributed by atoms with E-state index in [1.54, 1.807) is 11.1 Å². The summed E-state index contributed by atoms with van der Waals surface area (Å²) >= 11 is 13.4. The molecule has 2 aliphatic carbocycles. The largest absolute Gasteiger partial charge is 1.00 e. The Morgan fingerprint density at radius 3 is 1.50 bits per heavy atom. The van der Waals surface area contributed by atoms with E-state index in [9.17, 15) is 0 Å². The molecule has 3 heterocycles. The Morgan fingerprint density at radius 2 is 1.07 bits per heavy atom. The van der Waals surface area contributed by atoms with Crippen molar-refractivity contribution in [3.63, 3.8) is 0 Å². The van der Waals surface area contributed by atoms with E-state index in [-0.39, 0.29) is 28.4 Å². The van der Waals surface area contributed by atoms with Crippen LogP contribution < -0.4 is 45.7 Å². The van der Waals surface area contributed by atoms with Crippen LogP contribution in [0.4, 0.5) is 0 Å². The van der Waals surface area contributed by atoms with Gasteiger partial charge in [-0.15, -0.1) is 0 Å². The summed E-state index contributed by atoms with van der Waals surface area (Å²) in [5.74, 6) is 0. The predicted octanol–water partition coefficient (Wildman–Crippen LogP) is -1.87. The number of thioether (sulfide) groups is 3. The first-order valence-corrected chi connectivity index (χ1v) is 15.4. The third-order valence-electron chi connectivity index (χ3n) is 5.76. The molecule has 0 amide bonds. The van der Waals surface area contributed by atoms with E-state index in [1.165, 1.54) is 39.6 Å². The van der Waals surface area contributed by atoms with E-state index in [0.717, 1.165) is 0 Å². The normalized spacial score (nSPS) is 28.5. The molecular weight excluding hydrogens is 682 g/mol. The maximum Gasteiger partial charge on any atom is -1.00 e. The first-order chi connectivity index (χ1) is 13.6. The number of hydrogen-bond donors (Lipinski definition) is 0. The summed E-state index contributed by atoms with van der Waals surface area (Å²) in [6.07, 6.45) is 4.77. The molecule has 0 N–H and O–H groups in total. The number of allylic oxidation sites excluding steroid dienone is 2. The summed E-state index contributed by atoms with van der Waals surface area (Å²) < 4.78 is 3.23. The van der Waals surface area contributed by atoms with Crippen LogP contribution in [-0.2, 0) is 23.2 Å². The Kier molecular flexibility index (Phi) is 5.81. The first-order valence-electron chi connectivity index (χ1n) is 8.91. The molecule has 0 radical (unpaired) electrons. The molecule has 3 aliphatic heterocycles. The molecule has 0 nitrogen and oxygen atoms in total. The van der Waals surface area contributed by atoms with Crippen LogP contribution in [0, 0.1) is 0 Å². The molecule has 1 saturated heterocycles. The van der Waals surface area contributed by atoms with Crippen molar-refractivity contribution in [1.82, 2.24) is 0 Å². The number of fused-ring (bicyclic) bond motifs is 6. The van der Waals surface area contributed by atoms with Gasteiger partial charge in [-0.05, 0) is 0 Å². The molecule has 8 heteroatoms. The summed E-state index contributed by atoms with van der Waals surface area (Å²) in [6, 6.07) is 17.8. The second kappa shape index (κ2) is 7.70. The van der Waals surface area contributed by atoms with E-state index in [0.29, 0.717) is 0 Å². The Labute approximate surface area is 227 Å². The van der Waals surface area contributed by atoms with Crippen molar-refractivity contribution in [3.8, 4) is 0 Å². The Balaban J connectivity index is 0.000000963. The van der Waals surface area contributed by atoms with Gasteiger partial charge in [0.2, 0.25) is 0 Å².